The average molecular weight is 216 g/mol. The van der Waals surface area contributed by atoms with Crippen LogP contribution in [0.3, 0.4) is 0 Å². The summed E-state index contributed by atoms with van der Waals surface area (Å²) in [4.78, 5) is 23.3. The molecule has 2 rings (SSSR count). The average Bonchev–Trinajstić information content (AvgIpc) is 2.56. The van der Waals surface area contributed by atoms with E-state index in [1.54, 1.807) is 0 Å². The van der Waals surface area contributed by atoms with Crippen LogP contribution in [0.1, 0.15) is 0 Å². The summed E-state index contributed by atoms with van der Waals surface area (Å²) in [5.74, 6) is -0.589. The monoisotopic (exact) mass is 216 g/mol. The predicted molar refractivity (Wildman–Crippen MR) is 47.0 cm³/mol. The number of urea groups is 1. The lowest BCUT2D eigenvalue weighted by molar-refractivity contribution is -0.125. The Bertz CT molecular complexity index is 409. The van der Waals surface area contributed by atoms with Crippen molar-refractivity contribution < 1.29 is 18.0 Å². The van der Waals surface area contributed by atoms with E-state index in [9.17, 15) is 18.0 Å². The second-order valence-electron chi connectivity index (χ2n) is 3.15. The van der Waals surface area contributed by atoms with E-state index in [0.717, 1.165) is 10.3 Å². The molecule has 1 saturated heterocycles. The van der Waals surface area contributed by atoms with Gasteiger partial charge in [0.15, 0.2) is 9.84 Å². The largest absolute Gasteiger partial charge is 0.329 e. The van der Waals surface area contributed by atoms with Gasteiger partial charge in [-0.1, -0.05) is 0 Å². The lowest BCUT2D eigenvalue weighted by Gasteiger charge is -2.17. The van der Waals surface area contributed by atoms with E-state index in [2.05, 4.69) is 5.32 Å². The zero-order chi connectivity index (χ0) is 10.3. The standard InChI is InChI=1S/C7H8N2O4S/c10-6-3-8-7(11)9(6)5-1-2-14(12,13)4-5/h1-2,5H,3-4H2,(H,8,11). The topological polar surface area (TPSA) is 83.6 Å². The second-order valence-corrected chi connectivity index (χ2v) is 5.08. The van der Waals surface area contributed by atoms with Gasteiger partial charge in [-0.15, -0.1) is 0 Å². The van der Waals surface area contributed by atoms with Gasteiger partial charge in [-0.2, -0.15) is 0 Å². The third kappa shape index (κ3) is 1.39. The smallest absolute Gasteiger partial charge is 0.325 e. The van der Waals surface area contributed by atoms with Crippen LogP contribution in [-0.2, 0) is 14.6 Å². The summed E-state index contributed by atoms with van der Waals surface area (Å²) in [6.45, 7) is -0.0524. The summed E-state index contributed by atoms with van der Waals surface area (Å²) in [5.41, 5.74) is 0. The molecule has 0 aromatic carbocycles. The summed E-state index contributed by atoms with van der Waals surface area (Å²) >= 11 is 0. The Morgan fingerprint density at radius 1 is 1.43 bits per heavy atom. The number of nitrogens with zero attached hydrogens (tertiary/aromatic N) is 1. The highest BCUT2D eigenvalue weighted by Crippen LogP contribution is 2.16. The molecule has 2 aliphatic heterocycles. The Morgan fingerprint density at radius 3 is 2.57 bits per heavy atom. The Balaban J connectivity index is 2.22. The highest BCUT2D eigenvalue weighted by molar-refractivity contribution is 7.94. The van der Waals surface area contributed by atoms with E-state index in [1.165, 1.54) is 6.08 Å². The Kier molecular flexibility index (Phi) is 1.84. The van der Waals surface area contributed by atoms with Crippen molar-refractivity contribution >= 4 is 21.8 Å². The van der Waals surface area contributed by atoms with E-state index in [0.29, 0.717) is 0 Å². The van der Waals surface area contributed by atoms with Crippen LogP contribution in [-0.4, -0.2) is 43.6 Å². The van der Waals surface area contributed by atoms with E-state index in [1.807, 2.05) is 0 Å². The summed E-state index contributed by atoms with van der Waals surface area (Å²) in [6.07, 6.45) is 1.36. The van der Waals surface area contributed by atoms with Gasteiger partial charge in [-0.3, -0.25) is 9.69 Å². The number of amides is 3. The Labute approximate surface area is 80.5 Å². The van der Waals surface area contributed by atoms with Crippen molar-refractivity contribution in [3.05, 3.63) is 11.5 Å². The zero-order valence-corrected chi connectivity index (χ0v) is 7.95. The minimum atomic E-state index is -3.23. The number of sulfone groups is 1. The SMILES string of the molecule is O=C1CNC(=O)N1C1C=CS(=O)(=O)C1. The van der Waals surface area contributed by atoms with Crippen molar-refractivity contribution in [3.8, 4) is 0 Å². The molecule has 0 aromatic rings. The first-order valence-electron chi connectivity index (χ1n) is 4.00. The van der Waals surface area contributed by atoms with Crippen LogP contribution in [0.4, 0.5) is 4.79 Å². The van der Waals surface area contributed by atoms with Gasteiger partial charge in [0.2, 0.25) is 0 Å². The normalized spacial score (nSPS) is 29.7. The molecule has 7 heteroatoms. The van der Waals surface area contributed by atoms with Crippen molar-refractivity contribution in [2.24, 2.45) is 0 Å². The number of rotatable bonds is 1. The van der Waals surface area contributed by atoms with Crippen LogP contribution in [0.25, 0.3) is 0 Å². The lowest BCUT2D eigenvalue weighted by atomic mass is 10.3. The summed E-state index contributed by atoms with van der Waals surface area (Å²) in [7, 11) is -3.23. The molecule has 0 bridgehead atoms. The van der Waals surface area contributed by atoms with Crippen molar-refractivity contribution in [2.45, 2.75) is 6.04 Å². The van der Waals surface area contributed by atoms with Gasteiger partial charge < -0.3 is 5.32 Å². The number of hydrogen-bond donors (Lipinski definition) is 1. The zero-order valence-electron chi connectivity index (χ0n) is 7.13. The Morgan fingerprint density at radius 2 is 2.14 bits per heavy atom. The highest BCUT2D eigenvalue weighted by atomic mass is 32.2. The molecule has 3 amide bonds. The molecule has 0 saturated carbocycles. The van der Waals surface area contributed by atoms with E-state index in [-0.39, 0.29) is 18.2 Å². The van der Waals surface area contributed by atoms with E-state index >= 15 is 0 Å². The van der Waals surface area contributed by atoms with Gasteiger partial charge in [-0.05, 0) is 6.08 Å². The van der Waals surface area contributed by atoms with Gasteiger partial charge in [-0.25, -0.2) is 13.2 Å². The molecule has 0 aromatic heterocycles. The first-order valence-corrected chi connectivity index (χ1v) is 5.72. The molecule has 6 nitrogen and oxygen atoms in total. The van der Waals surface area contributed by atoms with Gasteiger partial charge >= 0.3 is 6.03 Å². The molecular formula is C7H8N2O4S. The van der Waals surface area contributed by atoms with Crippen molar-refractivity contribution in [2.75, 3.05) is 12.3 Å². The summed E-state index contributed by atoms with van der Waals surface area (Å²) in [5, 5.41) is 3.37. The third-order valence-electron chi connectivity index (χ3n) is 2.12. The van der Waals surface area contributed by atoms with Crippen molar-refractivity contribution in [1.29, 1.82) is 0 Å². The van der Waals surface area contributed by atoms with Crippen LogP contribution < -0.4 is 5.32 Å². The molecule has 1 unspecified atom stereocenters. The molecule has 2 aliphatic rings. The van der Waals surface area contributed by atoms with Crippen LogP contribution in [0.15, 0.2) is 11.5 Å². The maximum atomic E-state index is 11.2. The van der Waals surface area contributed by atoms with Crippen LogP contribution >= 0.6 is 0 Å². The fourth-order valence-corrected chi connectivity index (χ4v) is 2.76. The van der Waals surface area contributed by atoms with Crippen LogP contribution in [0.5, 0.6) is 0 Å². The number of carbonyl (C=O) groups is 2. The maximum Gasteiger partial charge on any atom is 0.325 e. The molecule has 1 fully saturated rings. The summed E-state index contributed by atoms with van der Waals surface area (Å²) in [6, 6.07) is -1.17. The molecule has 0 radical (unpaired) electrons. The van der Waals surface area contributed by atoms with Crippen LogP contribution in [0.2, 0.25) is 0 Å². The first-order chi connectivity index (χ1) is 6.49. The number of carbonyl (C=O) groups excluding carboxylic acids is 2. The Hall–Kier alpha value is -1.37. The number of nitrogens with one attached hydrogen (secondary N) is 1. The van der Waals surface area contributed by atoms with Crippen molar-refractivity contribution in [3.63, 3.8) is 0 Å². The molecular weight excluding hydrogens is 208 g/mol. The second kappa shape index (κ2) is 2.81. The lowest BCUT2D eigenvalue weighted by Crippen LogP contribution is -2.41. The van der Waals surface area contributed by atoms with E-state index < -0.39 is 21.9 Å². The predicted octanol–water partition coefficient (Wildman–Crippen LogP) is -1.15. The van der Waals surface area contributed by atoms with Gasteiger partial charge in [0.1, 0.15) is 0 Å². The molecule has 0 spiro atoms. The van der Waals surface area contributed by atoms with Gasteiger partial charge in [0.25, 0.3) is 5.91 Å². The highest BCUT2D eigenvalue weighted by Gasteiger charge is 2.37. The van der Waals surface area contributed by atoms with E-state index in [4.69, 9.17) is 0 Å². The molecule has 2 heterocycles. The summed E-state index contributed by atoms with van der Waals surface area (Å²) < 4.78 is 22.1. The number of hydrogen-bond acceptors (Lipinski definition) is 4. The van der Waals surface area contributed by atoms with Crippen molar-refractivity contribution in [1.82, 2.24) is 10.2 Å². The maximum absolute atomic E-state index is 11.2. The molecule has 76 valence electrons. The first kappa shape index (κ1) is 9.20. The molecule has 1 atom stereocenters. The quantitative estimate of drug-likeness (QED) is 0.561. The minimum Gasteiger partial charge on any atom is -0.329 e. The third-order valence-corrected chi connectivity index (χ3v) is 3.50. The fraction of sp³-hybridized carbons (Fsp3) is 0.429. The minimum absolute atomic E-state index is 0.0524. The molecule has 14 heavy (non-hydrogen) atoms. The number of imide groups is 1. The molecule has 1 N–H and O–H groups in total. The molecule has 0 aliphatic carbocycles. The van der Waals surface area contributed by atoms with Gasteiger partial charge in [0, 0.05) is 5.41 Å². The van der Waals surface area contributed by atoms with Gasteiger partial charge in [0.05, 0.1) is 18.3 Å². The van der Waals surface area contributed by atoms with Crippen LogP contribution in [0, 0.1) is 0 Å². The fourth-order valence-electron chi connectivity index (χ4n) is 1.49.